The van der Waals surface area contributed by atoms with Crippen LogP contribution in [0.1, 0.15) is 25.3 Å². The number of nitrogens with zero attached hydrogens (tertiary/aromatic N) is 2. The number of carbonyl (C=O) groups excluding carboxylic acids is 2. The summed E-state index contributed by atoms with van der Waals surface area (Å²) in [5.74, 6) is -0.900. The fraction of sp³-hybridized carbons (Fsp3) is 0.500. The molecule has 1 N–H and O–H groups in total. The molecule has 1 aliphatic carbocycles. The molecule has 5 nitrogen and oxygen atoms in total. The zero-order valence-electron chi connectivity index (χ0n) is 11.1. The van der Waals surface area contributed by atoms with Crippen molar-refractivity contribution in [1.82, 2.24) is 15.2 Å². The zero-order valence-corrected chi connectivity index (χ0v) is 11.1. The van der Waals surface area contributed by atoms with Gasteiger partial charge in [0.25, 0.3) is 0 Å². The van der Waals surface area contributed by atoms with Gasteiger partial charge in [0.2, 0.25) is 0 Å². The molecule has 2 amide bonds. The van der Waals surface area contributed by atoms with Crippen LogP contribution in [0.5, 0.6) is 0 Å². The lowest BCUT2D eigenvalue weighted by atomic mass is 10.2. The molecule has 0 radical (unpaired) electrons. The summed E-state index contributed by atoms with van der Waals surface area (Å²) >= 11 is 0. The van der Waals surface area contributed by atoms with Crippen molar-refractivity contribution in [3.8, 4) is 0 Å². The van der Waals surface area contributed by atoms with E-state index in [0.717, 1.165) is 24.8 Å². The lowest BCUT2D eigenvalue weighted by Gasteiger charge is -2.20. The molecule has 1 aliphatic rings. The van der Waals surface area contributed by atoms with E-state index in [-0.39, 0.29) is 6.04 Å². The van der Waals surface area contributed by atoms with Gasteiger partial charge in [0, 0.05) is 31.5 Å². The van der Waals surface area contributed by atoms with Crippen LogP contribution in [0, 0.1) is 0 Å². The van der Waals surface area contributed by atoms with Crippen molar-refractivity contribution in [3.63, 3.8) is 0 Å². The highest BCUT2D eigenvalue weighted by molar-refractivity contribution is 6.35. The number of rotatable bonds is 5. The smallest absolute Gasteiger partial charge is 0.311 e. The van der Waals surface area contributed by atoms with Crippen LogP contribution in [-0.4, -0.2) is 40.8 Å². The van der Waals surface area contributed by atoms with Gasteiger partial charge in [-0.25, -0.2) is 0 Å². The third-order valence-electron chi connectivity index (χ3n) is 3.20. The van der Waals surface area contributed by atoms with Crippen LogP contribution in [0.15, 0.2) is 24.5 Å². The molecule has 0 aliphatic heterocycles. The highest BCUT2D eigenvalue weighted by Gasteiger charge is 2.28. The Morgan fingerprint density at radius 2 is 2.05 bits per heavy atom. The molecule has 1 saturated carbocycles. The first kappa shape index (κ1) is 13.5. The first-order valence-electron chi connectivity index (χ1n) is 6.69. The normalized spacial score (nSPS) is 13.9. The Bertz CT molecular complexity index is 443. The average Bonchev–Trinajstić information content (AvgIpc) is 3.24. The third kappa shape index (κ3) is 4.05. The Kier molecular flexibility index (Phi) is 4.49. The van der Waals surface area contributed by atoms with E-state index in [1.165, 1.54) is 0 Å². The van der Waals surface area contributed by atoms with Gasteiger partial charge in [-0.3, -0.25) is 14.6 Å². The van der Waals surface area contributed by atoms with Gasteiger partial charge < -0.3 is 10.2 Å². The lowest BCUT2D eigenvalue weighted by Crippen LogP contribution is -2.44. The predicted octanol–water partition coefficient (Wildman–Crippen LogP) is 0.751. The minimum absolute atomic E-state index is 0.218. The lowest BCUT2D eigenvalue weighted by molar-refractivity contribution is -0.145. The molecule has 0 aromatic carbocycles. The molecule has 2 rings (SSSR count). The molecule has 1 fully saturated rings. The Morgan fingerprint density at radius 3 is 2.63 bits per heavy atom. The molecule has 1 heterocycles. The second kappa shape index (κ2) is 6.31. The predicted molar refractivity (Wildman–Crippen MR) is 71.4 cm³/mol. The van der Waals surface area contributed by atoms with E-state index in [1.54, 1.807) is 17.3 Å². The standard InChI is InChI=1S/C14H19N3O2/c1-2-17(10-7-11-5-8-15-9-6-11)14(19)13(18)16-12-3-4-12/h5-6,8-9,12H,2-4,7,10H2,1H3,(H,16,18). The monoisotopic (exact) mass is 261 g/mol. The maximum absolute atomic E-state index is 12.0. The van der Waals surface area contributed by atoms with Crippen LogP contribution < -0.4 is 5.32 Å². The summed E-state index contributed by atoms with van der Waals surface area (Å²) in [7, 11) is 0. The molecule has 5 heteroatoms. The highest BCUT2D eigenvalue weighted by atomic mass is 16.2. The maximum Gasteiger partial charge on any atom is 0.311 e. The molecule has 0 bridgehead atoms. The number of nitrogens with one attached hydrogen (secondary N) is 1. The van der Waals surface area contributed by atoms with Crippen LogP contribution in [0.4, 0.5) is 0 Å². The minimum atomic E-state index is -0.473. The Morgan fingerprint density at radius 1 is 1.37 bits per heavy atom. The largest absolute Gasteiger partial charge is 0.345 e. The van der Waals surface area contributed by atoms with E-state index in [4.69, 9.17) is 0 Å². The topological polar surface area (TPSA) is 62.3 Å². The van der Waals surface area contributed by atoms with Crippen LogP contribution in [0.3, 0.4) is 0 Å². The molecular formula is C14H19N3O2. The molecule has 1 aromatic rings. The molecule has 0 spiro atoms. The summed E-state index contributed by atoms with van der Waals surface area (Å²) in [4.78, 5) is 29.2. The van der Waals surface area contributed by atoms with Gasteiger partial charge in [-0.05, 0) is 43.9 Å². The Balaban J connectivity index is 1.84. The third-order valence-corrected chi connectivity index (χ3v) is 3.20. The second-order valence-electron chi connectivity index (χ2n) is 4.74. The molecule has 0 saturated heterocycles. The minimum Gasteiger partial charge on any atom is -0.345 e. The van der Waals surface area contributed by atoms with Gasteiger partial charge in [-0.1, -0.05) is 0 Å². The summed E-state index contributed by atoms with van der Waals surface area (Å²) < 4.78 is 0. The Labute approximate surface area is 113 Å². The molecule has 1 aromatic heterocycles. The van der Waals surface area contributed by atoms with Gasteiger partial charge in [-0.2, -0.15) is 0 Å². The van der Waals surface area contributed by atoms with E-state index < -0.39 is 11.8 Å². The van der Waals surface area contributed by atoms with Crippen molar-refractivity contribution in [2.24, 2.45) is 0 Å². The van der Waals surface area contributed by atoms with Crippen LogP contribution in [-0.2, 0) is 16.0 Å². The van der Waals surface area contributed by atoms with Crippen molar-refractivity contribution < 1.29 is 9.59 Å². The molecule has 102 valence electrons. The fourth-order valence-electron chi connectivity index (χ4n) is 1.84. The number of amides is 2. The van der Waals surface area contributed by atoms with E-state index in [1.807, 2.05) is 19.1 Å². The van der Waals surface area contributed by atoms with E-state index in [9.17, 15) is 9.59 Å². The van der Waals surface area contributed by atoms with Crippen LogP contribution in [0.2, 0.25) is 0 Å². The number of hydrogen-bond acceptors (Lipinski definition) is 3. The SMILES string of the molecule is CCN(CCc1ccncc1)C(=O)C(=O)NC1CC1. The van der Waals surface area contributed by atoms with Crippen LogP contribution >= 0.6 is 0 Å². The number of carbonyl (C=O) groups is 2. The fourth-order valence-corrected chi connectivity index (χ4v) is 1.84. The van der Waals surface area contributed by atoms with E-state index >= 15 is 0 Å². The first-order valence-corrected chi connectivity index (χ1v) is 6.69. The Hall–Kier alpha value is -1.91. The summed E-state index contributed by atoms with van der Waals surface area (Å²) in [5, 5.41) is 2.73. The van der Waals surface area contributed by atoms with Crippen molar-refractivity contribution in [1.29, 1.82) is 0 Å². The molecule has 0 atom stereocenters. The number of pyridine rings is 1. The molecule has 0 unspecified atom stereocenters. The van der Waals surface area contributed by atoms with Crippen molar-refractivity contribution in [3.05, 3.63) is 30.1 Å². The maximum atomic E-state index is 12.0. The quantitative estimate of drug-likeness (QED) is 0.796. The van der Waals surface area contributed by atoms with Gasteiger partial charge in [0.15, 0.2) is 0 Å². The van der Waals surface area contributed by atoms with Crippen molar-refractivity contribution in [2.45, 2.75) is 32.2 Å². The second-order valence-corrected chi connectivity index (χ2v) is 4.74. The summed E-state index contributed by atoms with van der Waals surface area (Å²) in [6, 6.07) is 4.06. The number of hydrogen-bond donors (Lipinski definition) is 1. The molecular weight excluding hydrogens is 242 g/mol. The van der Waals surface area contributed by atoms with Crippen molar-refractivity contribution in [2.75, 3.05) is 13.1 Å². The zero-order chi connectivity index (χ0) is 13.7. The average molecular weight is 261 g/mol. The molecule has 19 heavy (non-hydrogen) atoms. The van der Waals surface area contributed by atoms with E-state index in [2.05, 4.69) is 10.3 Å². The van der Waals surface area contributed by atoms with Gasteiger partial charge in [0.05, 0.1) is 0 Å². The summed E-state index contributed by atoms with van der Waals surface area (Å²) in [6.45, 7) is 2.98. The van der Waals surface area contributed by atoms with Gasteiger partial charge in [0.1, 0.15) is 0 Å². The van der Waals surface area contributed by atoms with E-state index in [0.29, 0.717) is 13.1 Å². The van der Waals surface area contributed by atoms with Crippen LogP contribution in [0.25, 0.3) is 0 Å². The number of aromatic nitrogens is 1. The first-order chi connectivity index (χ1) is 9.20. The summed E-state index contributed by atoms with van der Waals surface area (Å²) in [6.07, 6.45) is 6.17. The van der Waals surface area contributed by atoms with Gasteiger partial charge in [-0.15, -0.1) is 0 Å². The number of likely N-dealkylation sites (N-methyl/N-ethyl adjacent to an activating group) is 1. The summed E-state index contributed by atoms with van der Waals surface area (Å²) in [5.41, 5.74) is 1.11. The van der Waals surface area contributed by atoms with Gasteiger partial charge >= 0.3 is 11.8 Å². The van der Waals surface area contributed by atoms with Crippen molar-refractivity contribution >= 4 is 11.8 Å². The highest BCUT2D eigenvalue weighted by Crippen LogP contribution is 2.18.